The third-order valence-corrected chi connectivity index (χ3v) is 3.44. The van der Waals surface area contributed by atoms with E-state index in [0.717, 1.165) is 31.0 Å². The first-order chi connectivity index (χ1) is 10.2. The molecular weight excluding hydrogens is 266 g/mol. The van der Waals surface area contributed by atoms with E-state index < -0.39 is 0 Å². The van der Waals surface area contributed by atoms with Crippen molar-refractivity contribution in [3.05, 3.63) is 23.4 Å². The highest BCUT2D eigenvalue weighted by Crippen LogP contribution is 2.18. The molecule has 0 amide bonds. The number of nitrogens with one attached hydrogen (secondary N) is 1. The fourth-order valence-corrected chi connectivity index (χ4v) is 2.35. The first-order valence-corrected chi connectivity index (χ1v) is 7.55. The fourth-order valence-electron chi connectivity index (χ4n) is 2.35. The molecule has 1 rings (SSSR count). The second-order valence-electron chi connectivity index (χ2n) is 5.20. The summed E-state index contributed by atoms with van der Waals surface area (Å²) in [6.45, 7) is 7.28. The molecule has 5 nitrogen and oxygen atoms in total. The van der Waals surface area contributed by atoms with Crippen molar-refractivity contribution in [1.82, 2.24) is 10.3 Å². The molecule has 0 fully saturated rings. The highest BCUT2D eigenvalue weighted by molar-refractivity contribution is 5.44. The van der Waals surface area contributed by atoms with E-state index in [2.05, 4.69) is 36.2 Å². The van der Waals surface area contributed by atoms with E-state index in [9.17, 15) is 0 Å². The van der Waals surface area contributed by atoms with Gasteiger partial charge in [0, 0.05) is 33.0 Å². The predicted octanol–water partition coefficient (Wildman–Crippen LogP) is 1.85. The lowest BCUT2D eigenvalue weighted by Crippen LogP contribution is -2.39. The van der Waals surface area contributed by atoms with E-state index in [4.69, 9.17) is 14.5 Å². The molecule has 1 unspecified atom stereocenters. The topological polar surface area (TPSA) is 46.6 Å². The normalized spacial score (nSPS) is 12.4. The van der Waals surface area contributed by atoms with Crippen molar-refractivity contribution in [1.29, 1.82) is 0 Å². The molecule has 120 valence electrons. The number of pyridine rings is 1. The number of hydrogen-bond acceptors (Lipinski definition) is 5. The van der Waals surface area contributed by atoms with Crippen LogP contribution in [0.3, 0.4) is 0 Å². The monoisotopic (exact) mass is 295 g/mol. The molecule has 5 heteroatoms. The van der Waals surface area contributed by atoms with Crippen molar-refractivity contribution in [3.8, 4) is 0 Å². The van der Waals surface area contributed by atoms with Gasteiger partial charge in [-0.15, -0.1) is 0 Å². The number of rotatable bonds is 10. The minimum atomic E-state index is 0.257. The van der Waals surface area contributed by atoms with Crippen molar-refractivity contribution in [2.24, 2.45) is 0 Å². The standard InChI is InChI=1S/C16H29N3O2/c1-6-15-9-14(11-17-3)10-16(18-15)19(7-8-20-4)13(2)12-21-5/h9-10,13,17H,6-8,11-12H2,1-5H3. The Morgan fingerprint density at radius 3 is 2.62 bits per heavy atom. The maximum Gasteiger partial charge on any atom is 0.129 e. The predicted molar refractivity (Wildman–Crippen MR) is 86.9 cm³/mol. The Kier molecular flexibility index (Phi) is 8.27. The van der Waals surface area contributed by atoms with Gasteiger partial charge >= 0.3 is 0 Å². The van der Waals surface area contributed by atoms with E-state index in [1.165, 1.54) is 5.56 Å². The smallest absolute Gasteiger partial charge is 0.129 e. The van der Waals surface area contributed by atoms with Crippen LogP contribution < -0.4 is 10.2 Å². The number of ether oxygens (including phenoxy) is 2. The molecule has 0 aliphatic carbocycles. The Hall–Kier alpha value is -1.17. The number of methoxy groups -OCH3 is 2. The summed E-state index contributed by atoms with van der Waals surface area (Å²) in [5, 5.41) is 3.20. The van der Waals surface area contributed by atoms with E-state index in [0.29, 0.717) is 13.2 Å². The summed E-state index contributed by atoms with van der Waals surface area (Å²) in [5.41, 5.74) is 2.37. The molecule has 1 atom stereocenters. The largest absolute Gasteiger partial charge is 0.383 e. The number of anilines is 1. The molecule has 0 saturated carbocycles. The van der Waals surface area contributed by atoms with Gasteiger partial charge in [0.05, 0.1) is 19.3 Å². The average Bonchev–Trinajstić information content (AvgIpc) is 2.48. The average molecular weight is 295 g/mol. The Morgan fingerprint density at radius 2 is 2.05 bits per heavy atom. The van der Waals surface area contributed by atoms with Gasteiger partial charge in [0.25, 0.3) is 0 Å². The van der Waals surface area contributed by atoms with Crippen LogP contribution in [0.15, 0.2) is 12.1 Å². The number of aromatic nitrogens is 1. The van der Waals surface area contributed by atoms with Crippen LogP contribution in [-0.2, 0) is 22.4 Å². The lowest BCUT2D eigenvalue weighted by Gasteiger charge is -2.30. The molecule has 0 aromatic carbocycles. The van der Waals surface area contributed by atoms with E-state index in [-0.39, 0.29) is 6.04 Å². The zero-order valence-electron chi connectivity index (χ0n) is 14.0. The van der Waals surface area contributed by atoms with Crippen molar-refractivity contribution in [3.63, 3.8) is 0 Å². The lowest BCUT2D eigenvalue weighted by molar-refractivity contribution is 0.170. The van der Waals surface area contributed by atoms with Crippen molar-refractivity contribution < 1.29 is 9.47 Å². The van der Waals surface area contributed by atoms with Gasteiger partial charge in [-0.3, -0.25) is 0 Å². The van der Waals surface area contributed by atoms with Crippen molar-refractivity contribution in [2.75, 3.05) is 45.9 Å². The molecule has 0 saturated heterocycles. The quantitative estimate of drug-likeness (QED) is 0.714. The molecule has 0 aliphatic heterocycles. The third-order valence-electron chi connectivity index (χ3n) is 3.44. The Bertz CT molecular complexity index is 413. The van der Waals surface area contributed by atoms with Crippen molar-refractivity contribution in [2.45, 2.75) is 32.9 Å². The van der Waals surface area contributed by atoms with E-state index in [1.54, 1.807) is 14.2 Å². The number of aryl methyl sites for hydroxylation is 1. The Balaban J connectivity index is 3.05. The minimum Gasteiger partial charge on any atom is -0.383 e. The maximum atomic E-state index is 5.30. The molecule has 0 spiro atoms. The van der Waals surface area contributed by atoms with Gasteiger partial charge in [-0.2, -0.15) is 0 Å². The molecule has 0 aliphatic rings. The SMILES string of the molecule is CCc1cc(CNC)cc(N(CCOC)C(C)COC)n1. The molecule has 0 bridgehead atoms. The van der Waals surface area contributed by atoms with Crippen LogP contribution in [0.5, 0.6) is 0 Å². The van der Waals surface area contributed by atoms with Crippen LogP contribution in [0.4, 0.5) is 5.82 Å². The van der Waals surface area contributed by atoms with Crippen LogP contribution in [-0.4, -0.2) is 52.1 Å². The second kappa shape index (κ2) is 9.71. The second-order valence-corrected chi connectivity index (χ2v) is 5.20. The summed E-state index contributed by atoms with van der Waals surface area (Å²) < 4.78 is 10.5. The molecule has 1 aromatic heterocycles. The van der Waals surface area contributed by atoms with Crippen LogP contribution in [0.25, 0.3) is 0 Å². The van der Waals surface area contributed by atoms with Gasteiger partial charge in [-0.05, 0) is 38.1 Å². The van der Waals surface area contributed by atoms with E-state index in [1.807, 2.05) is 7.05 Å². The molecule has 1 N–H and O–H groups in total. The number of nitrogens with zero attached hydrogens (tertiary/aromatic N) is 2. The maximum absolute atomic E-state index is 5.30. The molecule has 1 heterocycles. The van der Waals surface area contributed by atoms with E-state index >= 15 is 0 Å². The summed E-state index contributed by atoms with van der Waals surface area (Å²) in [4.78, 5) is 7.03. The van der Waals surface area contributed by atoms with Crippen LogP contribution in [0, 0.1) is 0 Å². The zero-order valence-corrected chi connectivity index (χ0v) is 14.0. The molecule has 21 heavy (non-hydrogen) atoms. The number of hydrogen-bond donors (Lipinski definition) is 1. The lowest BCUT2D eigenvalue weighted by atomic mass is 10.1. The summed E-state index contributed by atoms with van der Waals surface area (Å²) in [7, 11) is 5.41. The fraction of sp³-hybridized carbons (Fsp3) is 0.688. The molecule has 0 radical (unpaired) electrons. The first-order valence-electron chi connectivity index (χ1n) is 7.55. The van der Waals surface area contributed by atoms with Gasteiger partial charge in [0.15, 0.2) is 0 Å². The van der Waals surface area contributed by atoms with Gasteiger partial charge in [0.1, 0.15) is 5.82 Å². The minimum absolute atomic E-state index is 0.257. The van der Waals surface area contributed by atoms with Crippen LogP contribution in [0.1, 0.15) is 25.1 Å². The molecule has 1 aromatic rings. The Labute approximate surface area is 128 Å². The first kappa shape index (κ1) is 17.9. The van der Waals surface area contributed by atoms with Gasteiger partial charge in [0.2, 0.25) is 0 Å². The van der Waals surface area contributed by atoms with Gasteiger partial charge in [-0.1, -0.05) is 6.92 Å². The van der Waals surface area contributed by atoms with Crippen LogP contribution >= 0.6 is 0 Å². The molecular formula is C16H29N3O2. The Morgan fingerprint density at radius 1 is 1.29 bits per heavy atom. The summed E-state index contributed by atoms with van der Waals surface area (Å²) in [6, 6.07) is 4.57. The zero-order chi connectivity index (χ0) is 15.7. The summed E-state index contributed by atoms with van der Waals surface area (Å²) >= 11 is 0. The van der Waals surface area contributed by atoms with Crippen molar-refractivity contribution >= 4 is 5.82 Å². The summed E-state index contributed by atoms with van der Waals surface area (Å²) in [6.07, 6.45) is 0.932. The highest BCUT2D eigenvalue weighted by Gasteiger charge is 2.16. The van der Waals surface area contributed by atoms with Gasteiger partial charge in [-0.25, -0.2) is 4.98 Å². The summed E-state index contributed by atoms with van der Waals surface area (Å²) in [5.74, 6) is 1.00. The van der Waals surface area contributed by atoms with Crippen LogP contribution in [0.2, 0.25) is 0 Å². The van der Waals surface area contributed by atoms with Gasteiger partial charge < -0.3 is 19.7 Å². The third kappa shape index (κ3) is 5.61. The highest BCUT2D eigenvalue weighted by atomic mass is 16.5.